The van der Waals surface area contributed by atoms with E-state index in [1.807, 2.05) is 24.3 Å². The Morgan fingerprint density at radius 2 is 1.79 bits per heavy atom. The molecule has 0 atom stereocenters. The lowest BCUT2D eigenvalue weighted by Gasteiger charge is -2.19. The van der Waals surface area contributed by atoms with Gasteiger partial charge in [-0.05, 0) is 55.5 Å². The molecule has 0 aliphatic heterocycles. The normalized spacial score (nSPS) is 13.2. The van der Waals surface area contributed by atoms with E-state index < -0.39 is 30.0 Å². The third kappa shape index (κ3) is 3.38. The van der Waals surface area contributed by atoms with Crippen molar-refractivity contribution in [2.75, 3.05) is 6.61 Å². The Bertz CT molecular complexity index is 1090. The Kier molecular flexibility index (Phi) is 4.86. The van der Waals surface area contributed by atoms with Crippen molar-refractivity contribution in [2.45, 2.75) is 25.7 Å². The quantitative estimate of drug-likeness (QED) is 0.496. The molecule has 1 heterocycles. The van der Waals surface area contributed by atoms with Gasteiger partial charge in [0.05, 0.1) is 11.1 Å². The van der Waals surface area contributed by atoms with Gasteiger partial charge in [-0.25, -0.2) is 13.6 Å². The molecule has 142 valence electrons. The number of hydrogen-bond acceptors (Lipinski definition) is 4. The van der Waals surface area contributed by atoms with Gasteiger partial charge in [0.15, 0.2) is 24.0 Å². The maximum atomic E-state index is 13.3. The van der Waals surface area contributed by atoms with Crippen molar-refractivity contribution in [1.82, 2.24) is 4.98 Å². The average molecular weight is 381 g/mol. The molecule has 6 heteroatoms. The first-order valence-corrected chi connectivity index (χ1v) is 9.10. The molecule has 0 N–H and O–H groups in total. The number of esters is 1. The number of Topliss-reactive ketones (excluding diaryl/α,β-unsaturated/α-hetero) is 1. The average Bonchev–Trinajstić information content (AvgIpc) is 2.71. The zero-order valence-corrected chi connectivity index (χ0v) is 15.0. The fraction of sp³-hybridized carbons (Fsp3) is 0.227. The first kappa shape index (κ1) is 18.2. The highest BCUT2D eigenvalue weighted by Crippen LogP contribution is 2.29. The number of fused-ring (bicyclic) bond motifs is 2. The lowest BCUT2D eigenvalue weighted by Crippen LogP contribution is -2.19. The van der Waals surface area contributed by atoms with Gasteiger partial charge >= 0.3 is 5.97 Å². The minimum Gasteiger partial charge on any atom is -0.454 e. The molecule has 0 fully saturated rings. The summed E-state index contributed by atoms with van der Waals surface area (Å²) >= 11 is 0. The molecule has 1 aliphatic carbocycles. The third-order valence-electron chi connectivity index (χ3n) is 4.95. The molecule has 0 unspecified atom stereocenters. The van der Waals surface area contributed by atoms with Crippen molar-refractivity contribution < 1.29 is 23.1 Å². The van der Waals surface area contributed by atoms with Gasteiger partial charge in [-0.2, -0.15) is 0 Å². The second kappa shape index (κ2) is 7.46. The minimum atomic E-state index is -1.12. The van der Waals surface area contributed by atoms with Gasteiger partial charge in [0.2, 0.25) is 0 Å². The van der Waals surface area contributed by atoms with Crippen LogP contribution in [0.15, 0.2) is 42.5 Å². The second-order valence-corrected chi connectivity index (χ2v) is 6.76. The Balaban J connectivity index is 1.62. The zero-order valence-electron chi connectivity index (χ0n) is 15.0. The topological polar surface area (TPSA) is 56.3 Å². The van der Waals surface area contributed by atoms with Crippen molar-refractivity contribution in [2.24, 2.45) is 0 Å². The summed E-state index contributed by atoms with van der Waals surface area (Å²) in [6.07, 6.45) is 3.51. The van der Waals surface area contributed by atoms with Crippen LogP contribution in [0.5, 0.6) is 0 Å². The molecule has 0 saturated carbocycles. The van der Waals surface area contributed by atoms with Crippen LogP contribution in [0, 0.1) is 11.6 Å². The zero-order chi connectivity index (χ0) is 19.7. The first-order chi connectivity index (χ1) is 13.5. The van der Waals surface area contributed by atoms with Gasteiger partial charge in [0, 0.05) is 16.6 Å². The van der Waals surface area contributed by atoms with Crippen LogP contribution < -0.4 is 0 Å². The second-order valence-electron chi connectivity index (χ2n) is 6.76. The van der Waals surface area contributed by atoms with Crippen molar-refractivity contribution in [3.63, 3.8) is 0 Å². The summed E-state index contributed by atoms with van der Waals surface area (Å²) in [7, 11) is 0. The van der Waals surface area contributed by atoms with Crippen LogP contribution in [-0.2, 0) is 17.6 Å². The molecule has 4 nitrogen and oxygen atoms in total. The maximum absolute atomic E-state index is 13.3. The lowest BCUT2D eigenvalue weighted by molar-refractivity contribution is 0.0475. The minimum absolute atomic E-state index is 0.0479. The van der Waals surface area contributed by atoms with E-state index in [1.54, 1.807) is 0 Å². The number of pyridine rings is 1. The number of halogens is 2. The summed E-state index contributed by atoms with van der Waals surface area (Å²) in [5.41, 5.74) is 2.87. The monoisotopic (exact) mass is 381 g/mol. The Labute approximate surface area is 160 Å². The molecule has 0 amide bonds. The summed E-state index contributed by atoms with van der Waals surface area (Å²) in [4.78, 5) is 29.7. The van der Waals surface area contributed by atoms with Crippen molar-refractivity contribution in [3.05, 3.63) is 76.5 Å². The summed E-state index contributed by atoms with van der Waals surface area (Å²) < 4.78 is 31.6. The number of rotatable bonds is 4. The molecule has 1 aromatic heterocycles. The van der Waals surface area contributed by atoms with Gasteiger partial charge in [0.25, 0.3) is 0 Å². The Morgan fingerprint density at radius 3 is 2.61 bits per heavy atom. The van der Waals surface area contributed by atoms with E-state index in [2.05, 4.69) is 4.98 Å². The molecule has 0 bridgehead atoms. The number of aromatic nitrogens is 1. The van der Waals surface area contributed by atoms with Gasteiger partial charge in [-0.1, -0.05) is 18.2 Å². The van der Waals surface area contributed by atoms with Gasteiger partial charge in [-0.3, -0.25) is 9.78 Å². The number of ether oxygens (including phenoxy) is 1. The van der Waals surface area contributed by atoms with E-state index in [-0.39, 0.29) is 5.56 Å². The smallest absolute Gasteiger partial charge is 0.339 e. The van der Waals surface area contributed by atoms with E-state index in [4.69, 9.17) is 4.74 Å². The van der Waals surface area contributed by atoms with Crippen molar-refractivity contribution in [1.29, 1.82) is 0 Å². The largest absolute Gasteiger partial charge is 0.454 e. The van der Waals surface area contributed by atoms with Crippen LogP contribution in [0.3, 0.4) is 0 Å². The van der Waals surface area contributed by atoms with E-state index in [0.29, 0.717) is 16.5 Å². The number of carbonyl (C=O) groups excluding carboxylic acids is 2. The Hall–Kier alpha value is -3.15. The lowest BCUT2D eigenvalue weighted by atomic mass is 9.90. The number of ketones is 1. The van der Waals surface area contributed by atoms with E-state index in [0.717, 1.165) is 55.1 Å². The third-order valence-corrected chi connectivity index (χ3v) is 4.95. The molecule has 4 rings (SSSR count). The van der Waals surface area contributed by atoms with Crippen LogP contribution in [0.4, 0.5) is 8.78 Å². The highest BCUT2D eigenvalue weighted by atomic mass is 19.2. The molecule has 28 heavy (non-hydrogen) atoms. The standard InChI is InChI=1S/C22H17F2NO3/c23-16-10-9-13(11-17(16)24)20(26)12-28-22(27)21-14-5-1-3-7-18(14)25-19-8-4-2-6-15(19)21/h1,3,5,7,9-11H,2,4,6,8,12H2. The van der Waals surface area contributed by atoms with Crippen LogP contribution >= 0.6 is 0 Å². The summed E-state index contributed by atoms with van der Waals surface area (Å²) in [5.74, 6) is -3.36. The molecule has 3 aromatic rings. The molecule has 0 radical (unpaired) electrons. The van der Waals surface area contributed by atoms with Gasteiger partial charge in [-0.15, -0.1) is 0 Å². The number of hydrogen-bond donors (Lipinski definition) is 0. The highest BCUT2D eigenvalue weighted by molar-refractivity contribution is 6.06. The number of carbonyl (C=O) groups is 2. The molecule has 2 aromatic carbocycles. The van der Waals surface area contributed by atoms with Crippen molar-refractivity contribution >= 4 is 22.7 Å². The molecule has 0 spiro atoms. The van der Waals surface area contributed by atoms with E-state index >= 15 is 0 Å². The SMILES string of the molecule is O=C(COC(=O)c1c2c(nc3ccccc13)CCCC2)c1ccc(F)c(F)c1. The summed E-state index contributed by atoms with van der Waals surface area (Å²) in [5, 5.41) is 0.688. The summed E-state index contributed by atoms with van der Waals surface area (Å²) in [6.45, 7) is -0.546. The van der Waals surface area contributed by atoms with Gasteiger partial charge < -0.3 is 4.74 Å². The predicted molar refractivity (Wildman–Crippen MR) is 99.4 cm³/mol. The number of benzene rings is 2. The molecular weight excluding hydrogens is 364 g/mol. The Morgan fingerprint density at radius 1 is 1.00 bits per heavy atom. The fourth-order valence-electron chi connectivity index (χ4n) is 3.56. The number of para-hydroxylation sites is 1. The molecular formula is C22H17F2NO3. The predicted octanol–water partition coefficient (Wildman–Crippen LogP) is 4.43. The van der Waals surface area contributed by atoms with Gasteiger partial charge in [0.1, 0.15) is 0 Å². The number of aryl methyl sites for hydroxylation is 1. The molecule has 0 saturated heterocycles. The highest BCUT2D eigenvalue weighted by Gasteiger charge is 2.24. The van der Waals surface area contributed by atoms with Crippen LogP contribution in [0.25, 0.3) is 10.9 Å². The van der Waals surface area contributed by atoms with Crippen LogP contribution in [-0.4, -0.2) is 23.3 Å². The fourth-order valence-corrected chi connectivity index (χ4v) is 3.56. The first-order valence-electron chi connectivity index (χ1n) is 9.10. The summed E-state index contributed by atoms with van der Waals surface area (Å²) in [6, 6.07) is 10.2. The van der Waals surface area contributed by atoms with Crippen LogP contribution in [0.2, 0.25) is 0 Å². The maximum Gasteiger partial charge on any atom is 0.339 e. The van der Waals surface area contributed by atoms with Crippen molar-refractivity contribution in [3.8, 4) is 0 Å². The number of nitrogens with zero attached hydrogens (tertiary/aromatic N) is 1. The molecule has 1 aliphatic rings. The van der Waals surface area contributed by atoms with Crippen LogP contribution in [0.1, 0.15) is 44.8 Å². The van der Waals surface area contributed by atoms with E-state index in [1.165, 1.54) is 0 Å². The van der Waals surface area contributed by atoms with E-state index in [9.17, 15) is 18.4 Å².